The zero-order valence-corrected chi connectivity index (χ0v) is 16.1. The highest BCUT2D eigenvalue weighted by Crippen LogP contribution is 2.35. The van der Waals surface area contributed by atoms with Gasteiger partial charge in [-0.05, 0) is 83.9 Å². The van der Waals surface area contributed by atoms with Crippen LogP contribution in [0, 0.1) is 15.4 Å². The first-order chi connectivity index (χ1) is 10.7. The molecule has 0 fully saturated rings. The summed E-state index contributed by atoms with van der Waals surface area (Å²) in [6.45, 7) is 4.69. The number of halogens is 1. The van der Waals surface area contributed by atoms with E-state index in [2.05, 4.69) is 59.6 Å². The smallest absolute Gasteiger partial charge is 0.0459 e. The van der Waals surface area contributed by atoms with Gasteiger partial charge in [0.05, 0.1) is 0 Å². The summed E-state index contributed by atoms with van der Waals surface area (Å²) >= 11 is 2.42. The zero-order valence-electron chi connectivity index (χ0n) is 13.9. The number of unbranched alkanes of at least 4 members (excludes halogenated alkanes) is 1. The third kappa shape index (κ3) is 3.52. The molecule has 0 radical (unpaired) electrons. The molecule has 0 bridgehead atoms. The minimum atomic E-state index is 0.890. The van der Waals surface area contributed by atoms with E-state index in [9.17, 15) is 0 Å². The second-order valence-electron chi connectivity index (χ2n) is 7.03. The number of hydrogen-bond acceptors (Lipinski definition) is 0. The molecule has 2 atom stereocenters. The molecular weight excluding hydrogens is 381 g/mol. The van der Waals surface area contributed by atoms with E-state index in [4.69, 9.17) is 0 Å². The lowest BCUT2D eigenvalue weighted by molar-refractivity contribution is 0.312. The van der Waals surface area contributed by atoms with Crippen molar-refractivity contribution < 1.29 is 0 Å². The van der Waals surface area contributed by atoms with E-state index in [1.807, 2.05) is 0 Å². The first-order valence-electron chi connectivity index (χ1n) is 9.00. The van der Waals surface area contributed by atoms with Crippen molar-refractivity contribution in [1.29, 1.82) is 0 Å². The van der Waals surface area contributed by atoms with E-state index in [1.54, 1.807) is 5.56 Å². The second-order valence-corrected chi connectivity index (χ2v) is 8.28. The third-order valence-corrected chi connectivity index (χ3v) is 6.13. The number of hydrogen-bond donors (Lipinski definition) is 1. The van der Waals surface area contributed by atoms with Gasteiger partial charge >= 0.3 is 0 Å². The number of H-pyrrole nitrogens is 1. The van der Waals surface area contributed by atoms with Gasteiger partial charge in [-0.1, -0.05) is 39.5 Å². The normalized spacial score (nSPS) is 19.3. The molecule has 1 heterocycles. The van der Waals surface area contributed by atoms with Crippen LogP contribution in [0.2, 0.25) is 0 Å². The van der Waals surface area contributed by atoms with E-state index >= 15 is 0 Å². The second kappa shape index (κ2) is 7.37. The Kier molecular flexibility index (Phi) is 5.48. The summed E-state index contributed by atoms with van der Waals surface area (Å²) in [5, 5.41) is 1.47. The Bertz CT molecular complexity index is 628. The summed E-state index contributed by atoms with van der Waals surface area (Å²) in [6.07, 6.45) is 10.9. The van der Waals surface area contributed by atoms with Crippen LogP contribution in [0.5, 0.6) is 0 Å². The number of benzene rings is 1. The summed E-state index contributed by atoms with van der Waals surface area (Å²) in [5.41, 5.74) is 4.47. The van der Waals surface area contributed by atoms with Crippen molar-refractivity contribution >= 4 is 33.5 Å². The highest BCUT2D eigenvalue weighted by atomic mass is 127. The lowest BCUT2D eigenvalue weighted by Crippen LogP contribution is -2.17. The van der Waals surface area contributed by atoms with Crippen molar-refractivity contribution in [1.82, 2.24) is 4.98 Å². The average Bonchev–Trinajstić information content (AvgIpc) is 2.88. The van der Waals surface area contributed by atoms with Crippen LogP contribution in [-0.4, -0.2) is 4.98 Å². The summed E-state index contributed by atoms with van der Waals surface area (Å²) < 4.78 is 1.35. The zero-order chi connectivity index (χ0) is 15.5. The molecular formula is C20H28IN. The van der Waals surface area contributed by atoms with Gasteiger partial charge in [0.15, 0.2) is 0 Å². The van der Waals surface area contributed by atoms with Crippen molar-refractivity contribution in [3.05, 3.63) is 33.0 Å². The summed E-state index contributed by atoms with van der Waals surface area (Å²) in [5.74, 6) is 1.83. The van der Waals surface area contributed by atoms with Crippen LogP contribution in [-0.2, 0) is 12.8 Å². The molecule has 0 saturated carbocycles. The summed E-state index contributed by atoms with van der Waals surface area (Å²) in [4.78, 5) is 3.70. The number of aromatic nitrogens is 1. The number of nitrogens with one attached hydrogen (secondary N) is 1. The molecule has 1 aromatic heterocycles. The monoisotopic (exact) mass is 409 g/mol. The molecule has 22 heavy (non-hydrogen) atoms. The van der Waals surface area contributed by atoms with Gasteiger partial charge in [-0.25, -0.2) is 0 Å². The van der Waals surface area contributed by atoms with Crippen molar-refractivity contribution in [3.8, 4) is 0 Å². The quantitative estimate of drug-likeness (QED) is 0.526. The molecule has 2 aromatic rings. The minimum absolute atomic E-state index is 0.890. The molecule has 0 aliphatic heterocycles. The Morgan fingerprint density at radius 1 is 1.32 bits per heavy atom. The molecule has 2 unspecified atom stereocenters. The van der Waals surface area contributed by atoms with Gasteiger partial charge in [-0.3, -0.25) is 0 Å². The molecule has 3 rings (SSSR count). The van der Waals surface area contributed by atoms with Crippen molar-refractivity contribution in [2.24, 2.45) is 11.8 Å². The topological polar surface area (TPSA) is 15.8 Å². The molecule has 1 aliphatic carbocycles. The lowest BCUT2D eigenvalue weighted by atomic mass is 9.79. The minimum Gasteiger partial charge on any atom is -0.358 e. The van der Waals surface area contributed by atoms with Gasteiger partial charge in [0.25, 0.3) is 0 Å². The molecule has 1 aliphatic rings. The fourth-order valence-electron chi connectivity index (χ4n) is 4.13. The molecule has 120 valence electrons. The number of rotatable bonds is 6. The van der Waals surface area contributed by atoms with Gasteiger partial charge in [0.1, 0.15) is 0 Å². The van der Waals surface area contributed by atoms with E-state index in [1.165, 1.54) is 71.5 Å². The van der Waals surface area contributed by atoms with E-state index in [-0.39, 0.29) is 0 Å². The lowest BCUT2D eigenvalue weighted by Gasteiger charge is -2.26. The van der Waals surface area contributed by atoms with Gasteiger partial charge in [-0.15, -0.1) is 0 Å². The van der Waals surface area contributed by atoms with Crippen molar-refractivity contribution in [3.63, 3.8) is 0 Å². The first kappa shape index (κ1) is 16.4. The van der Waals surface area contributed by atoms with Crippen LogP contribution < -0.4 is 0 Å². The van der Waals surface area contributed by atoms with Gasteiger partial charge in [0.2, 0.25) is 0 Å². The molecule has 0 spiro atoms. The van der Waals surface area contributed by atoms with Gasteiger partial charge in [0, 0.05) is 20.2 Å². The van der Waals surface area contributed by atoms with Crippen molar-refractivity contribution in [2.45, 2.75) is 65.2 Å². The Labute approximate surface area is 148 Å². The summed E-state index contributed by atoms with van der Waals surface area (Å²) in [6, 6.07) is 6.81. The Morgan fingerprint density at radius 3 is 2.95 bits per heavy atom. The van der Waals surface area contributed by atoms with Crippen LogP contribution in [0.1, 0.15) is 63.6 Å². The number of aromatic amines is 1. The van der Waals surface area contributed by atoms with Crippen LogP contribution in [0.15, 0.2) is 18.2 Å². The van der Waals surface area contributed by atoms with Gasteiger partial charge in [-0.2, -0.15) is 0 Å². The van der Waals surface area contributed by atoms with Crippen LogP contribution in [0.25, 0.3) is 10.9 Å². The predicted octanol–water partition coefficient (Wildman–Crippen LogP) is 6.48. The molecule has 0 amide bonds. The standard InChI is InChI=1S/C20H28IN/c1-3-5-6-14(4-2)11-15-7-9-17-18-13-16(21)8-10-19(18)22-20(17)12-15/h8,10,13-15,22H,3-7,9,11-12H2,1-2H3. The number of fused-ring (bicyclic) bond motifs is 3. The maximum Gasteiger partial charge on any atom is 0.0459 e. The van der Waals surface area contributed by atoms with E-state index in [0.29, 0.717) is 0 Å². The fraction of sp³-hybridized carbons (Fsp3) is 0.600. The SMILES string of the molecule is CCCCC(CC)CC1CCc2c([nH]c3ccc(I)cc23)C1. The van der Waals surface area contributed by atoms with Crippen LogP contribution >= 0.6 is 22.6 Å². The Hall–Kier alpha value is -0.510. The maximum atomic E-state index is 3.70. The molecule has 0 saturated heterocycles. The van der Waals surface area contributed by atoms with Crippen molar-refractivity contribution in [2.75, 3.05) is 0 Å². The Balaban J connectivity index is 1.72. The average molecular weight is 409 g/mol. The Morgan fingerprint density at radius 2 is 2.18 bits per heavy atom. The first-order valence-corrected chi connectivity index (χ1v) is 10.1. The fourth-order valence-corrected chi connectivity index (χ4v) is 4.62. The largest absolute Gasteiger partial charge is 0.358 e. The predicted molar refractivity (Wildman–Crippen MR) is 104 cm³/mol. The molecule has 1 N–H and O–H groups in total. The molecule has 1 nitrogen and oxygen atoms in total. The van der Waals surface area contributed by atoms with E-state index < -0.39 is 0 Å². The van der Waals surface area contributed by atoms with Gasteiger partial charge < -0.3 is 4.98 Å². The maximum absolute atomic E-state index is 3.70. The number of aryl methyl sites for hydroxylation is 1. The van der Waals surface area contributed by atoms with Crippen LogP contribution in [0.3, 0.4) is 0 Å². The van der Waals surface area contributed by atoms with E-state index in [0.717, 1.165) is 11.8 Å². The highest BCUT2D eigenvalue weighted by molar-refractivity contribution is 14.1. The summed E-state index contributed by atoms with van der Waals surface area (Å²) in [7, 11) is 0. The molecule has 2 heteroatoms. The molecule has 1 aromatic carbocycles. The van der Waals surface area contributed by atoms with Crippen LogP contribution in [0.4, 0.5) is 0 Å². The third-order valence-electron chi connectivity index (χ3n) is 5.46. The highest BCUT2D eigenvalue weighted by Gasteiger charge is 2.24.